The molecule has 1 heterocycles. The van der Waals surface area contributed by atoms with Crippen LogP contribution in [0.2, 0.25) is 0 Å². The summed E-state index contributed by atoms with van der Waals surface area (Å²) in [6, 6.07) is 10.4. The SMILES string of the molecule is CCNCc1ccccc1NC(=O)CN(C)S(=O)(=O)c1cccnc1.Cl.Cl. The molecule has 0 bridgehead atoms. The molecule has 0 aliphatic rings. The van der Waals surface area contributed by atoms with Crippen LogP contribution in [0.15, 0.2) is 53.7 Å². The number of carbonyl (C=O) groups excluding carboxylic acids is 1. The van der Waals surface area contributed by atoms with Crippen molar-refractivity contribution in [2.75, 3.05) is 25.5 Å². The molecule has 0 saturated heterocycles. The highest BCUT2D eigenvalue weighted by molar-refractivity contribution is 7.89. The first kappa shape index (κ1) is 25.3. The van der Waals surface area contributed by atoms with E-state index in [9.17, 15) is 13.2 Å². The number of hydrogen-bond donors (Lipinski definition) is 2. The van der Waals surface area contributed by atoms with Crippen LogP contribution >= 0.6 is 24.8 Å². The molecule has 0 fully saturated rings. The summed E-state index contributed by atoms with van der Waals surface area (Å²) < 4.78 is 25.9. The number of sulfonamides is 1. The Morgan fingerprint density at radius 3 is 2.48 bits per heavy atom. The molecule has 2 N–H and O–H groups in total. The molecular weight excluding hydrogens is 411 g/mol. The standard InChI is InChI=1S/C17H22N4O3S.2ClH/c1-3-18-11-14-7-4-5-9-16(14)20-17(22)13-21(2)25(23,24)15-8-6-10-19-12-15;;/h4-10,12,18H,3,11,13H2,1-2H3,(H,20,22);2*1H. The van der Waals surface area contributed by atoms with Crippen molar-refractivity contribution < 1.29 is 13.2 Å². The quantitative estimate of drug-likeness (QED) is 0.664. The van der Waals surface area contributed by atoms with Crippen LogP contribution in [0.4, 0.5) is 5.69 Å². The Morgan fingerprint density at radius 2 is 1.85 bits per heavy atom. The molecule has 1 aromatic heterocycles. The maximum absolute atomic E-state index is 12.4. The van der Waals surface area contributed by atoms with Gasteiger partial charge in [0.25, 0.3) is 0 Å². The smallest absolute Gasteiger partial charge is 0.244 e. The number of halogens is 2. The third kappa shape index (κ3) is 7.08. The lowest BCUT2D eigenvalue weighted by Crippen LogP contribution is -2.35. The fraction of sp³-hybridized carbons (Fsp3) is 0.294. The van der Waals surface area contributed by atoms with Gasteiger partial charge in [0, 0.05) is 31.7 Å². The average molecular weight is 435 g/mol. The Hall–Kier alpha value is -1.71. The van der Waals surface area contributed by atoms with Crippen molar-refractivity contribution in [2.24, 2.45) is 0 Å². The Labute approximate surface area is 172 Å². The number of anilines is 1. The molecule has 0 aliphatic carbocycles. The van der Waals surface area contributed by atoms with Gasteiger partial charge in [-0.3, -0.25) is 9.78 Å². The summed E-state index contributed by atoms with van der Waals surface area (Å²) in [5, 5.41) is 5.97. The maximum Gasteiger partial charge on any atom is 0.244 e. The van der Waals surface area contributed by atoms with Crippen molar-refractivity contribution in [1.82, 2.24) is 14.6 Å². The number of para-hydroxylation sites is 1. The van der Waals surface area contributed by atoms with Crippen molar-refractivity contribution in [3.05, 3.63) is 54.4 Å². The number of hydrogen-bond acceptors (Lipinski definition) is 5. The van der Waals surface area contributed by atoms with E-state index in [-0.39, 0.29) is 36.3 Å². The monoisotopic (exact) mass is 434 g/mol. The topological polar surface area (TPSA) is 91.4 Å². The molecule has 0 aliphatic heterocycles. The van der Waals surface area contributed by atoms with Gasteiger partial charge >= 0.3 is 0 Å². The van der Waals surface area contributed by atoms with E-state index in [0.717, 1.165) is 16.4 Å². The highest BCUT2D eigenvalue weighted by atomic mass is 35.5. The molecule has 7 nitrogen and oxygen atoms in total. The van der Waals surface area contributed by atoms with Crippen LogP contribution in [0, 0.1) is 0 Å². The second-order valence-corrected chi connectivity index (χ2v) is 7.48. The highest BCUT2D eigenvalue weighted by Crippen LogP contribution is 2.16. The number of amides is 1. The third-order valence-corrected chi connectivity index (χ3v) is 5.35. The minimum absolute atomic E-state index is 0. The summed E-state index contributed by atoms with van der Waals surface area (Å²) in [6.07, 6.45) is 2.75. The van der Waals surface area contributed by atoms with Crippen molar-refractivity contribution in [3.63, 3.8) is 0 Å². The molecule has 0 radical (unpaired) electrons. The number of aromatic nitrogens is 1. The Morgan fingerprint density at radius 1 is 1.15 bits per heavy atom. The zero-order valence-electron chi connectivity index (χ0n) is 15.1. The molecular formula is C17H24Cl2N4O3S. The minimum atomic E-state index is -3.75. The molecule has 0 spiro atoms. The van der Waals surface area contributed by atoms with Gasteiger partial charge in [-0.15, -0.1) is 24.8 Å². The van der Waals surface area contributed by atoms with Crippen molar-refractivity contribution >= 4 is 46.4 Å². The van der Waals surface area contributed by atoms with Gasteiger partial charge in [0.2, 0.25) is 15.9 Å². The summed E-state index contributed by atoms with van der Waals surface area (Å²) in [5.41, 5.74) is 1.61. The fourth-order valence-electron chi connectivity index (χ4n) is 2.21. The van der Waals surface area contributed by atoms with E-state index in [1.165, 1.54) is 31.6 Å². The molecule has 0 atom stereocenters. The van der Waals surface area contributed by atoms with Gasteiger partial charge in [-0.2, -0.15) is 4.31 Å². The first-order valence-corrected chi connectivity index (χ1v) is 9.34. The first-order chi connectivity index (χ1) is 11.9. The Balaban J connectivity index is 0.00000338. The predicted molar refractivity (Wildman–Crippen MR) is 111 cm³/mol. The fourth-order valence-corrected chi connectivity index (χ4v) is 3.30. The van der Waals surface area contributed by atoms with Crippen LogP contribution in [-0.4, -0.2) is 43.8 Å². The summed E-state index contributed by atoms with van der Waals surface area (Å²) in [6.45, 7) is 3.15. The van der Waals surface area contributed by atoms with Crippen LogP contribution < -0.4 is 10.6 Å². The summed E-state index contributed by atoms with van der Waals surface area (Å²) in [4.78, 5) is 16.1. The number of benzene rings is 1. The van der Waals surface area contributed by atoms with Crippen LogP contribution in [0.25, 0.3) is 0 Å². The maximum atomic E-state index is 12.4. The number of pyridine rings is 1. The molecule has 0 unspecified atom stereocenters. The summed E-state index contributed by atoms with van der Waals surface area (Å²) in [7, 11) is -2.39. The van der Waals surface area contributed by atoms with E-state index in [2.05, 4.69) is 15.6 Å². The largest absolute Gasteiger partial charge is 0.325 e. The lowest BCUT2D eigenvalue weighted by molar-refractivity contribution is -0.116. The molecule has 0 saturated carbocycles. The Bertz CT molecular complexity index is 820. The van der Waals surface area contributed by atoms with E-state index in [0.29, 0.717) is 12.2 Å². The van der Waals surface area contributed by atoms with Crippen LogP contribution in [-0.2, 0) is 21.4 Å². The van der Waals surface area contributed by atoms with Crippen LogP contribution in [0.3, 0.4) is 0 Å². The molecule has 10 heteroatoms. The van der Waals surface area contributed by atoms with E-state index in [4.69, 9.17) is 0 Å². The van der Waals surface area contributed by atoms with Gasteiger partial charge in [0.15, 0.2) is 0 Å². The first-order valence-electron chi connectivity index (χ1n) is 7.90. The average Bonchev–Trinajstić information content (AvgIpc) is 2.61. The van der Waals surface area contributed by atoms with Crippen molar-refractivity contribution in [1.29, 1.82) is 0 Å². The molecule has 1 amide bonds. The second kappa shape index (κ2) is 11.9. The van der Waals surface area contributed by atoms with Gasteiger partial charge < -0.3 is 10.6 Å². The van der Waals surface area contributed by atoms with Crippen molar-refractivity contribution in [2.45, 2.75) is 18.4 Å². The number of nitrogens with zero attached hydrogens (tertiary/aromatic N) is 2. The zero-order chi connectivity index (χ0) is 18.3. The summed E-state index contributed by atoms with van der Waals surface area (Å²) in [5.74, 6) is -0.404. The normalized spacial score (nSPS) is 10.6. The predicted octanol–water partition coefficient (Wildman–Crippen LogP) is 2.29. The molecule has 27 heavy (non-hydrogen) atoms. The number of nitrogens with one attached hydrogen (secondary N) is 2. The Kier molecular flexibility index (Phi) is 11.1. The number of rotatable bonds is 8. The molecule has 2 rings (SSSR count). The zero-order valence-corrected chi connectivity index (χ0v) is 17.5. The second-order valence-electron chi connectivity index (χ2n) is 5.44. The van der Waals surface area contributed by atoms with Gasteiger partial charge in [-0.1, -0.05) is 25.1 Å². The lowest BCUT2D eigenvalue weighted by Gasteiger charge is -2.17. The minimum Gasteiger partial charge on any atom is -0.325 e. The number of carbonyl (C=O) groups is 1. The van der Waals surface area contributed by atoms with Gasteiger partial charge in [-0.25, -0.2) is 8.42 Å². The van der Waals surface area contributed by atoms with Crippen molar-refractivity contribution in [3.8, 4) is 0 Å². The summed E-state index contributed by atoms with van der Waals surface area (Å²) >= 11 is 0. The highest BCUT2D eigenvalue weighted by Gasteiger charge is 2.23. The van der Waals surface area contributed by atoms with Gasteiger partial charge in [0.1, 0.15) is 4.90 Å². The molecule has 2 aromatic rings. The molecule has 1 aromatic carbocycles. The number of likely N-dealkylation sites (N-methyl/N-ethyl adjacent to an activating group) is 1. The van der Waals surface area contributed by atoms with E-state index in [1.54, 1.807) is 6.07 Å². The van der Waals surface area contributed by atoms with E-state index < -0.39 is 15.9 Å². The third-order valence-electron chi connectivity index (χ3n) is 3.57. The lowest BCUT2D eigenvalue weighted by atomic mass is 10.1. The van der Waals surface area contributed by atoms with Crippen LogP contribution in [0.1, 0.15) is 12.5 Å². The van der Waals surface area contributed by atoms with Crippen LogP contribution in [0.5, 0.6) is 0 Å². The van der Waals surface area contributed by atoms with E-state index >= 15 is 0 Å². The van der Waals surface area contributed by atoms with Gasteiger partial charge in [-0.05, 0) is 30.3 Å². The van der Waals surface area contributed by atoms with Gasteiger partial charge in [0.05, 0.1) is 6.54 Å². The molecule has 150 valence electrons. The van der Waals surface area contributed by atoms with E-state index in [1.807, 2.05) is 25.1 Å².